The maximum Gasteiger partial charge on any atom is 0.410 e. The summed E-state index contributed by atoms with van der Waals surface area (Å²) in [6.45, 7) is -0.653. The Hall–Kier alpha value is -3.61. The van der Waals surface area contributed by atoms with E-state index in [9.17, 15) is 36.6 Å². The van der Waals surface area contributed by atoms with E-state index in [0.717, 1.165) is 17.8 Å². The lowest BCUT2D eigenvalue weighted by atomic mass is 10.1. The summed E-state index contributed by atoms with van der Waals surface area (Å²) in [4.78, 5) is 24.0. The van der Waals surface area contributed by atoms with Crippen molar-refractivity contribution in [2.45, 2.75) is 31.6 Å². The van der Waals surface area contributed by atoms with E-state index in [0.29, 0.717) is 11.0 Å². The molecule has 7 nitrogen and oxygen atoms in total. The molecule has 1 aromatic heterocycles. The highest BCUT2D eigenvalue weighted by atomic mass is 32.1. The van der Waals surface area contributed by atoms with Crippen molar-refractivity contribution in [3.05, 3.63) is 75.3 Å². The Balaban J connectivity index is 1.47. The zero-order valence-corrected chi connectivity index (χ0v) is 17.9. The molecule has 1 fully saturated rings. The number of carboxylic acid groups (broad SMARTS) is 1. The first-order valence-corrected chi connectivity index (χ1v) is 10.7. The van der Waals surface area contributed by atoms with Gasteiger partial charge in [-0.2, -0.15) is 0 Å². The Labute approximate surface area is 192 Å². The Kier molecular flexibility index (Phi) is 6.46. The van der Waals surface area contributed by atoms with Crippen LogP contribution >= 0.6 is 11.3 Å². The molecule has 1 unspecified atom stereocenters. The lowest BCUT2D eigenvalue weighted by Gasteiger charge is -2.24. The fourth-order valence-corrected chi connectivity index (χ4v) is 3.99. The summed E-state index contributed by atoms with van der Waals surface area (Å²) in [6.07, 6.45) is -2.62. The molecular weight excluding hydrogens is 483 g/mol. The molecule has 1 saturated carbocycles. The van der Waals surface area contributed by atoms with Crippen LogP contribution in [-0.4, -0.2) is 32.2 Å². The van der Waals surface area contributed by atoms with Gasteiger partial charge >= 0.3 is 6.09 Å². The van der Waals surface area contributed by atoms with Gasteiger partial charge in [-0.05, 0) is 36.6 Å². The minimum Gasteiger partial charge on any atom is -0.465 e. The van der Waals surface area contributed by atoms with Crippen LogP contribution < -0.4 is 5.32 Å². The van der Waals surface area contributed by atoms with E-state index in [1.54, 1.807) is 0 Å². The number of alkyl halides is 1. The van der Waals surface area contributed by atoms with Crippen LogP contribution in [0.5, 0.6) is 0 Å². The second-order valence-corrected chi connectivity index (χ2v) is 8.52. The predicted molar refractivity (Wildman–Crippen MR) is 110 cm³/mol. The average molecular weight is 498 g/mol. The minimum absolute atomic E-state index is 0.0594. The summed E-state index contributed by atoms with van der Waals surface area (Å²) >= 11 is 1.27. The van der Waals surface area contributed by atoms with Crippen LogP contribution in [0.2, 0.25) is 0 Å². The van der Waals surface area contributed by atoms with Crippen molar-refractivity contribution in [3.8, 4) is 0 Å². The van der Waals surface area contributed by atoms with Crippen molar-refractivity contribution in [2.24, 2.45) is 0 Å². The number of amides is 2. The molecule has 0 spiro atoms. The second kappa shape index (κ2) is 9.33. The molecule has 4 rings (SSSR count). The Morgan fingerprint density at radius 2 is 1.76 bits per heavy atom. The van der Waals surface area contributed by atoms with E-state index in [4.69, 9.17) is 0 Å². The van der Waals surface area contributed by atoms with E-state index >= 15 is 0 Å². The standard InChI is InChI=1S/C21H15F5N4O3S/c22-13-7-12(14(23)16(25)15(13)24)17(26)30(21(32)33)8-9-1-3-10(4-2-9)18(31)27-20-29-28-19(34-20)11-5-6-11/h1-4,7,11,17H,5-6,8H2,(H,32,33)(H,27,29,31). The van der Waals surface area contributed by atoms with Crippen LogP contribution in [0.3, 0.4) is 0 Å². The van der Waals surface area contributed by atoms with Gasteiger partial charge in [0.1, 0.15) is 5.01 Å². The molecule has 2 aromatic carbocycles. The molecule has 1 heterocycles. The summed E-state index contributed by atoms with van der Waals surface area (Å²) < 4.78 is 68.7. The quantitative estimate of drug-likeness (QED) is 0.198. The lowest BCUT2D eigenvalue weighted by molar-refractivity contribution is 0.0635. The van der Waals surface area contributed by atoms with Gasteiger partial charge in [-0.3, -0.25) is 15.0 Å². The average Bonchev–Trinajstić information content (AvgIpc) is 3.57. The SMILES string of the molecule is O=C(Nc1nnc(C2CC2)s1)c1ccc(CN(C(=O)O)C(F)c2cc(F)c(F)c(F)c2F)cc1. The monoisotopic (exact) mass is 498 g/mol. The summed E-state index contributed by atoms with van der Waals surface area (Å²) in [6, 6.07) is 5.41. The third-order valence-corrected chi connectivity index (χ3v) is 6.06. The molecular formula is C21H15F5N4O3S. The number of anilines is 1. The normalized spacial score (nSPS) is 14.0. The summed E-state index contributed by atoms with van der Waals surface area (Å²) in [5.41, 5.74) is -0.922. The molecule has 0 bridgehead atoms. The number of aromatic nitrogens is 2. The number of carbonyl (C=O) groups is 2. The topological polar surface area (TPSA) is 95.4 Å². The maximum absolute atomic E-state index is 14.8. The molecule has 2 N–H and O–H groups in total. The van der Waals surface area contributed by atoms with Gasteiger partial charge in [-0.15, -0.1) is 10.2 Å². The number of halogens is 5. The van der Waals surface area contributed by atoms with Gasteiger partial charge in [-0.25, -0.2) is 26.7 Å². The smallest absolute Gasteiger partial charge is 0.410 e. The van der Waals surface area contributed by atoms with E-state index < -0.39 is 53.7 Å². The number of nitrogens with one attached hydrogen (secondary N) is 1. The van der Waals surface area contributed by atoms with Gasteiger partial charge in [0.25, 0.3) is 5.91 Å². The van der Waals surface area contributed by atoms with Crippen molar-refractivity contribution in [1.29, 1.82) is 0 Å². The van der Waals surface area contributed by atoms with E-state index in [-0.39, 0.29) is 22.1 Å². The number of nitrogens with zero attached hydrogens (tertiary/aromatic N) is 3. The zero-order valence-electron chi connectivity index (χ0n) is 17.1. The van der Waals surface area contributed by atoms with Crippen molar-refractivity contribution in [3.63, 3.8) is 0 Å². The zero-order chi connectivity index (χ0) is 24.6. The molecule has 2 amide bonds. The Morgan fingerprint density at radius 3 is 2.38 bits per heavy atom. The van der Waals surface area contributed by atoms with Crippen molar-refractivity contribution in [2.75, 3.05) is 5.32 Å². The fraction of sp³-hybridized carbons (Fsp3) is 0.238. The van der Waals surface area contributed by atoms with Gasteiger partial charge in [0.15, 0.2) is 23.3 Å². The highest BCUT2D eigenvalue weighted by Gasteiger charge is 2.31. The van der Waals surface area contributed by atoms with Crippen LogP contribution in [0.4, 0.5) is 31.9 Å². The number of rotatable bonds is 7. The number of benzene rings is 2. The maximum atomic E-state index is 14.8. The third-order valence-electron chi connectivity index (χ3n) is 5.06. The van der Waals surface area contributed by atoms with Crippen LogP contribution in [0.25, 0.3) is 0 Å². The minimum atomic E-state index is -2.83. The third kappa shape index (κ3) is 4.83. The molecule has 0 saturated heterocycles. The van der Waals surface area contributed by atoms with Crippen molar-refractivity contribution < 1.29 is 36.6 Å². The molecule has 0 radical (unpaired) electrons. The van der Waals surface area contributed by atoms with Crippen LogP contribution in [0.15, 0.2) is 30.3 Å². The molecule has 178 valence electrons. The first-order chi connectivity index (χ1) is 16.2. The highest BCUT2D eigenvalue weighted by Crippen LogP contribution is 2.42. The number of hydrogen-bond donors (Lipinski definition) is 2. The Bertz CT molecular complexity index is 1250. The van der Waals surface area contributed by atoms with Gasteiger partial charge < -0.3 is 5.11 Å². The largest absolute Gasteiger partial charge is 0.465 e. The summed E-state index contributed by atoms with van der Waals surface area (Å²) in [7, 11) is 0. The molecule has 34 heavy (non-hydrogen) atoms. The van der Waals surface area contributed by atoms with Crippen molar-refractivity contribution in [1.82, 2.24) is 15.1 Å². The van der Waals surface area contributed by atoms with Crippen LogP contribution in [-0.2, 0) is 6.54 Å². The van der Waals surface area contributed by atoms with Gasteiger partial charge in [0, 0.05) is 17.0 Å². The van der Waals surface area contributed by atoms with E-state index in [2.05, 4.69) is 15.5 Å². The molecule has 1 aliphatic carbocycles. The van der Waals surface area contributed by atoms with Gasteiger partial charge in [0.2, 0.25) is 11.4 Å². The number of hydrogen-bond acceptors (Lipinski definition) is 5. The molecule has 0 aliphatic heterocycles. The van der Waals surface area contributed by atoms with E-state index in [1.165, 1.54) is 35.6 Å². The summed E-state index contributed by atoms with van der Waals surface area (Å²) in [5, 5.41) is 21.0. The second-order valence-electron chi connectivity index (χ2n) is 7.51. The predicted octanol–water partition coefficient (Wildman–Crippen LogP) is 5.37. The molecule has 1 atom stereocenters. The first-order valence-electron chi connectivity index (χ1n) is 9.86. The lowest BCUT2D eigenvalue weighted by Crippen LogP contribution is -2.32. The summed E-state index contributed by atoms with van der Waals surface area (Å²) in [5.74, 6) is -8.40. The number of carbonyl (C=O) groups excluding carboxylic acids is 1. The first kappa shape index (κ1) is 23.5. The fourth-order valence-electron chi connectivity index (χ4n) is 3.08. The molecule has 13 heteroatoms. The van der Waals surface area contributed by atoms with Crippen molar-refractivity contribution >= 4 is 28.5 Å². The van der Waals surface area contributed by atoms with Crippen LogP contribution in [0.1, 0.15) is 51.5 Å². The van der Waals surface area contributed by atoms with E-state index in [1.807, 2.05) is 0 Å². The van der Waals surface area contributed by atoms with Crippen LogP contribution in [0, 0.1) is 23.3 Å². The Morgan fingerprint density at radius 1 is 1.09 bits per heavy atom. The van der Waals surface area contributed by atoms with Gasteiger partial charge in [-0.1, -0.05) is 23.5 Å². The molecule has 3 aromatic rings. The highest BCUT2D eigenvalue weighted by molar-refractivity contribution is 7.15. The van der Waals surface area contributed by atoms with Gasteiger partial charge in [0.05, 0.1) is 6.54 Å². The molecule has 1 aliphatic rings.